The number of carbonyl (C=O) groups is 1. The Labute approximate surface area is 150 Å². The molecule has 0 aliphatic carbocycles. The second kappa shape index (κ2) is 6.68. The van der Waals surface area contributed by atoms with Crippen molar-refractivity contribution in [2.45, 2.75) is 0 Å². The van der Waals surface area contributed by atoms with Gasteiger partial charge in [-0.3, -0.25) is 4.79 Å². The summed E-state index contributed by atoms with van der Waals surface area (Å²) in [6.07, 6.45) is 7.10. The van der Waals surface area contributed by atoms with E-state index in [2.05, 4.69) is 15.4 Å². The largest absolute Gasteiger partial charge is 0.334 e. The zero-order chi connectivity index (χ0) is 17.9. The minimum Gasteiger partial charge on any atom is -0.334 e. The Kier molecular flexibility index (Phi) is 4.07. The minimum absolute atomic E-state index is 0.161. The second-order valence-corrected chi connectivity index (χ2v) is 5.93. The highest BCUT2D eigenvalue weighted by Gasteiger charge is 2.10. The zero-order valence-corrected chi connectivity index (χ0v) is 14.2. The highest BCUT2D eigenvalue weighted by atomic mass is 16.1. The molecule has 128 valence electrons. The van der Waals surface area contributed by atoms with Crippen LogP contribution in [0.5, 0.6) is 0 Å². The van der Waals surface area contributed by atoms with Crippen molar-refractivity contribution in [3.63, 3.8) is 0 Å². The van der Waals surface area contributed by atoms with E-state index in [9.17, 15) is 4.79 Å². The fourth-order valence-corrected chi connectivity index (χ4v) is 2.81. The van der Waals surface area contributed by atoms with Crippen LogP contribution in [0.25, 0.3) is 16.9 Å². The molecule has 0 atom stereocenters. The quantitative estimate of drug-likeness (QED) is 0.616. The Bertz CT molecular complexity index is 1050. The van der Waals surface area contributed by atoms with Crippen molar-refractivity contribution in [2.75, 3.05) is 5.32 Å². The van der Waals surface area contributed by atoms with Crippen LogP contribution in [0.4, 0.5) is 5.69 Å². The molecule has 6 heteroatoms. The summed E-state index contributed by atoms with van der Waals surface area (Å²) >= 11 is 0. The second-order valence-electron chi connectivity index (χ2n) is 5.93. The van der Waals surface area contributed by atoms with Crippen molar-refractivity contribution in [1.82, 2.24) is 19.3 Å². The molecule has 0 saturated carbocycles. The van der Waals surface area contributed by atoms with E-state index in [1.807, 2.05) is 66.3 Å². The smallest absolute Gasteiger partial charge is 0.255 e. The van der Waals surface area contributed by atoms with Crippen LogP contribution in [0.2, 0.25) is 0 Å². The van der Waals surface area contributed by atoms with Crippen LogP contribution in [0.3, 0.4) is 0 Å². The van der Waals surface area contributed by atoms with Gasteiger partial charge in [0, 0.05) is 36.3 Å². The summed E-state index contributed by atoms with van der Waals surface area (Å²) in [5, 5.41) is 7.15. The van der Waals surface area contributed by atoms with Gasteiger partial charge in [0.2, 0.25) is 0 Å². The third-order valence-electron chi connectivity index (χ3n) is 4.11. The van der Waals surface area contributed by atoms with Crippen LogP contribution in [-0.4, -0.2) is 25.2 Å². The number of imidazole rings is 1. The summed E-state index contributed by atoms with van der Waals surface area (Å²) in [5.74, 6) is -0.161. The molecule has 1 N–H and O–H groups in total. The average molecular weight is 343 g/mol. The van der Waals surface area contributed by atoms with Gasteiger partial charge in [-0.2, -0.15) is 5.10 Å². The maximum atomic E-state index is 12.7. The number of nitrogens with zero attached hydrogens (tertiary/aromatic N) is 4. The highest BCUT2D eigenvalue weighted by molar-refractivity contribution is 6.05. The summed E-state index contributed by atoms with van der Waals surface area (Å²) in [7, 11) is 1.93. The van der Waals surface area contributed by atoms with E-state index in [1.54, 1.807) is 29.5 Å². The number of aromatic nitrogens is 4. The lowest BCUT2D eigenvalue weighted by atomic mass is 10.1. The lowest BCUT2D eigenvalue weighted by molar-refractivity contribution is 0.102. The molecule has 6 nitrogen and oxygen atoms in total. The normalized spacial score (nSPS) is 10.7. The van der Waals surface area contributed by atoms with E-state index in [0.717, 1.165) is 16.9 Å². The molecule has 0 aliphatic rings. The Morgan fingerprint density at radius 2 is 1.96 bits per heavy atom. The topological polar surface area (TPSA) is 64.7 Å². The molecule has 26 heavy (non-hydrogen) atoms. The molecular weight excluding hydrogens is 326 g/mol. The van der Waals surface area contributed by atoms with Gasteiger partial charge < -0.3 is 9.88 Å². The van der Waals surface area contributed by atoms with E-state index in [4.69, 9.17) is 0 Å². The summed E-state index contributed by atoms with van der Waals surface area (Å²) in [6, 6.07) is 16.9. The molecule has 0 aliphatic heterocycles. The Morgan fingerprint density at radius 3 is 2.73 bits per heavy atom. The van der Waals surface area contributed by atoms with Gasteiger partial charge in [-0.25, -0.2) is 9.67 Å². The molecule has 0 radical (unpaired) electrons. The van der Waals surface area contributed by atoms with Crippen LogP contribution >= 0.6 is 0 Å². The van der Waals surface area contributed by atoms with Crippen molar-refractivity contribution in [3.8, 4) is 16.9 Å². The van der Waals surface area contributed by atoms with Crippen LogP contribution in [0, 0.1) is 0 Å². The number of hydrogen-bond acceptors (Lipinski definition) is 3. The number of hydrogen-bond donors (Lipinski definition) is 1. The molecule has 2 aromatic heterocycles. The van der Waals surface area contributed by atoms with E-state index < -0.39 is 0 Å². The van der Waals surface area contributed by atoms with E-state index in [-0.39, 0.29) is 5.91 Å². The monoisotopic (exact) mass is 343 g/mol. The Hall–Kier alpha value is -3.67. The minimum atomic E-state index is -0.161. The van der Waals surface area contributed by atoms with Crippen LogP contribution in [0.1, 0.15) is 10.4 Å². The fourth-order valence-electron chi connectivity index (χ4n) is 2.81. The summed E-state index contributed by atoms with van der Waals surface area (Å²) < 4.78 is 3.67. The fraction of sp³-hybridized carbons (Fsp3) is 0.0500. The van der Waals surface area contributed by atoms with Gasteiger partial charge >= 0.3 is 0 Å². The van der Waals surface area contributed by atoms with Crippen LogP contribution < -0.4 is 5.32 Å². The zero-order valence-electron chi connectivity index (χ0n) is 14.2. The third kappa shape index (κ3) is 3.12. The van der Waals surface area contributed by atoms with Crippen molar-refractivity contribution in [2.24, 2.45) is 7.05 Å². The molecule has 2 heterocycles. The number of benzene rings is 2. The van der Waals surface area contributed by atoms with Crippen molar-refractivity contribution >= 4 is 11.6 Å². The lowest BCUT2D eigenvalue weighted by Crippen LogP contribution is -2.12. The number of rotatable bonds is 4. The summed E-state index contributed by atoms with van der Waals surface area (Å²) in [6.45, 7) is 0. The molecule has 0 spiro atoms. The Balaban J connectivity index is 1.58. The first-order chi connectivity index (χ1) is 12.7. The molecule has 1 amide bonds. The molecule has 2 aromatic carbocycles. The van der Waals surface area contributed by atoms with E-state index in [1.165, 1.54) is 0 Å². The van der Waals surface area contributed by atoms with Crippen molar-refractivity contribution in [1.29, 1.82) is 0 Å². The SMILES string of the molecule is Cn1cncc1-c1cccc(C(=O)Nc2cccc(-n3cccn3)c2)c1. The van der Waals surface area contributed by atoms with Crippen molar-refractivity contribution in [3.05, 3.63) is 85.1 Å². The van der Waals surface area contributed by atoms with E-state index in [0.29, 0.717) is 11.3 Å². The molecule has 0 saturated heterocycles. The number of nitrogens with one attached hydrogen (secondary N) is 1. The lowest BCUT2D eigenvalue weighted by Gasteiger charge is -2.09. The van der Waals surface area contributed by atoms with Gasteiger partial charge in [-0.15, -0.1) is 0 Å². The van der Waals surface area contributed by atoms with Crippen LogP contribution in [-0.2, 0) is 7.05 Å². The van der Waals surface area contributed by atoms with E-state index >= 15 is 0 Å². The van der Waals surface area contributed by atoms with Gasteiger partial charge in [0.15, 0.2) is 0 Å². The Morgan fingerprint density at radius 1 is 1.08 bits per heavy atom. The first kappa shape index (κ1) is 15.8. The first-order valence-electron chi connectivity index (χ1n) is 8.19. The number of carbonyl (C=O) groups excluding carboxylic acids is 1. The number of anilines is 1. The summed E-state index contributed by atoms with van der Waals surface area (Å²) in [4.78, 5) is 16.8. The molecular formula is C20H17N5O. The predicted octanol–water partition coefficient (Wildman–Crippen LogP) is 3.53. The number of amides is 1. The maximum absolute atomic E-state index is 12.7. The molecule has 4 rings (SSSR count). The maximum Gasteiger partial charge on any atom is 0.255 e. The van der Waals surface area contributed by atoms with Gasteiger partial charge in [0.25, 0.3) is 5.91 Å². The average Bonchev–Trinajstić information content (AvgIpc) is 3.34. The standard InChI is InChI=1S/C20H17N5O/c1-24-14-21-13-19(24)15-5-2-6-16(11-15)20(26)23-17-7-3-8-18(12-17)25-10-4-9-22-25/h2-14H,1H3,(H,23,26). The molecule has 0 unspecified atom stereocenters. The van der Waals surface area contributed by atoms with Gasteiger partial charge in [-0.1, -0.05) is 18.2 Å². The third-order valence-corrected chi connectivity index (χ3v) is 4.11. The van der Waals surface area contributed by atoms with Gasteiger partial charge in [0.1, 0.15) is 0 Å². The van der Waals surface area contributed by atoms with Crippen LogP contribution in [0.15, 0.2) is 79.5 Å². The number of aryl methyl sites for hydroxylation is 1. The molecule has 4 aromatic rings. The first-order valence-corrected chi connectivity index (χ1v) is 8.19. The van der Waals surface area contributed by atoms with Gasteiger partial charge in [-0.05, 0) is 36.4 Å². The predicted molar refractivity (Wildman–Crippen MR) is 100 cm³/mol. The summed E-state index contributed by atoms with van der Waals surface area (Å²) in [5.41, 5.74) is 4.10. The molecule has 0 fully saturated rings. The highest BCUT2D eigenvalue weighted by Crippen LogP contribution is 2.20. The van der Waals surface area contributed by atoms with Gasteiger partial charge in [0.05, 0.1) is 23.9 Å². The van der Waals surface area contributed by atoms with Crippen molar-refractivity contribution < 1.29 is 4.79 Å². The molecule has 0 bridgehead atoms.